The molecule has 1 heterocycles. The van der Waals surface area contributed by atoms with Crippen LogP contribution in [0.1, 0.15) is 52.5 Å². The van der Waals surface area contributed by atoms with Crippen LogP contribution in [0.15, 0.2) is 30.3 Å². The molecule has 1 saturated heterocycles. The van der Waals surface area contributed by atoms with Gasteiger partial charge < -0.3 is 15.0 Å². The topological polar surface area (TPSA) is 58.6 Å². The van der Waals surface area contributed by atoms with E-state index in [4.69, 9.17) is 4.74 Å². The van der Waals surface area contributed by atoms with Gasteiger partial charge in [-0.15, -0.1) is 0 Å². The van der Waals surface area contributed by atoms with Gasteiger partial charge in [0.25, 0.3) is 0 Å². The predicted octanol–water partition coefficient (Wildman–Crippen LogP) is 3.77. The van der Waals surface area contributed by atoms with Crippen molar-refractivity contribution in [1.82, 2.24) is 10.2 Å². The van der Waals surface area contributed by atoms with E-state index in [0.717, 1.165) is 32.2 Å². The van der Waals surface area contributed by atoms with E-state index in [1.54, 1.807) is 0 Å². The number of ether oxygens (including phenoxy) is 1. The Bertz CT molecular complexity index is 595. The lowest BCUT2D eigenvalue weighted by molar-refractivity contribution is -0.138. The van der Waals surface area contributed by atoms with Gasteiger partial charge in [-0.05, 0) is 52.0 Å². The molecule has 2 atom stereocenters. The monoisotopic (exact) mass is 360 g/mol. The summed E-state index contributed by atoms with van der Waals surface area (Å²) in [6.45, 7) is 8.43. The van der Waals surface area contributed by atoms with Gasteiger partial charge in [0.2, 0.25) is 5.91 Å². The van der Waals surface area contributed by atoms with Crippen LogP contribution in [0.3, 0.4) is 0 Å². The highest BCUT2D eigenvalue weighted by molar-refractivity contribution is 5.80. The van der Waals surface area contributed by atoms with Crippen molar-refractivity contribution in [2.45, 2.75) is 65.0 Å². The maximum atomic E-state index is 12.9. The number of hydrogen-bond acceptors (Lipinski definition) is 3. The Balaban J connectivity index is 1.91. The highest BCUT2D eigenvalue weighted by Crippen LogP contribution is 2.22. The Morgan fingerprint density at radius 2 is 1.92 bits per heavy atom. The van der Waals surface area contributed by atoms with Crippen LogP contribution in [-0.2, 0) is 16.0 Å². The number of piperidine rings is 1. The Kier molecular flexibility index (Phi) is 7.06. The zero-order valence-electron chi connectivity index (χ0n) is 16.5. The quantitative estimate of drug-likeness (QED) is 0.869. The molecule has 1 aliphatic heterocycles. The average molecular weight is 360 g/mol. The number of nitrogens with one attached hydrogen (secondary N) is 1. The van der Waals surface area contributed by atoms with Crippen molar-refractivity contribution in [2.24, 2.45) is 5.92 Å². The fraction of sp³-hybridized carbons (Fsp3) is 0.619. The number of alkyl carbamates (subject to hydrolysis) is 1. The lowest BCUT2D eigenvalue weighted by Gasteiger charge is -2.37. The summed E-state index contributed by atoms with van der Waals surface area (Å²) in [6.07, 6.45) is 3.65. The molecule has 1 N–H and O–H groups in total. The second kappa shape index (κ2) is 9.06. The molecule has 1 aromatic rings. The highest BCUT2D eigenvalue weighted by Gasteiger charge is 2.30. The van der Waals surface area contributed by atoms with E-state index in [0.29, 0.717) is 6.54 Å². The van der Waals surface area contributed by atoms with E-state index in [9.17, 15) is 9.59 Å². The molecule has 0 unspecified atom stereocenters. The van der Waals surface area contributed by atoms with Gasteiger partial charge in [0.1, 0.15) is 5.60 Å². The van der Waals surface area contributed by atoms with Crippen molar-refractivity contribution in [3.63, 3.8) is 0 Å². The number of carbonyl (C=O) groups excluding carboxylic acids is 2. The summed E-state index contributed by atoms with van der Waals surface area (Å²) in [5.41, 5.74) is 0.724. The van der Waals surface area contributed by atoms with E-state index in [1.807, 2.05) is 50.8 Å². The summed E-state index contributed by atoms with van der Waals surface area (Å²) in [5, 5.41) is 2.71. The van der Waals surface area contributed by atoms with E-state index >= 15 is 0 Å². The summed E-state index contributed by atoms with van der Waals surface area (Å²) in [5.74, 6) is -0.152. The lowest BCUT2D eigenvalue weighted by atomic mass is 9.94. The molecule has 1 aromatic carbocycles. The summed E-state index contributed by atoms with van der Waals surface area (Å²) >= 11 is 0. The maximum absolute atomic E-state index is 12.9. The van der Waals surface area contributed by atoms with Crippen molar-refractivity contribution in [3.05, 3.63) is 35.9 Å². The highest BCUT2D eigenvalue weighted by atomic mass is 16.6. The number of amides is 2. The maximum Gasteiger partial charge on any atom is 0.407 e. The van der Waals surface area contributed by atoms with Crippen molar-refractivity contribution in [1.29, 1.82) is 0 Å². The third kappa shape index (κ3) is 6.36. The van der Waals surface area contributed by atoms with Gasteiger partial charge in [0.05, 0.1) is 5.92 Å². The van der Waals surface area contributed by atoms with Crippen LogP contribution < -0.4 is 5.32 Å². The van der Waals surface area contributed by atoms with E-state index in [1.165, 1.54) is 5.56 Å². The molecule has 0 aliphatic carbocycles. The van der Waals surface area contributed by atoms with Crippen molar-refractivity contribution >= 4 is 12.0 Å². The number of hydrogen-bond donors (Lipinski definition) is 1. The first-order chi connectivity index (χ1) is 12.3. The van der Waals surface area contributed by atoms with Crippen molar-refractivity contribution in [3.8, 4) is 0 Å². The molecule has 144 valence electrons. The van der Waals surface area contributed by atoms with Crippen LogP contribution in [0.2, 0.25) is 0 Å². The van der Waals surface area contributed by atoms with Gasteiger partial charge in [-0.2, -0.15) is 0 Å². The molecule has 0 saturated carbocycles. The molecule has 1 fully saturated rings. The molecule has 26 heavy (non-hydrogen) atoms. The smallest absolute Gasteiger partial charge is 0.407 e. The predicted molar refractivity (Wildman–Crippen MR) is 103 cm³/mol. The third-order valence-electron chi connectivity index (χ3n) is 4.60. The SMILES string of the molecule is C[C@H](CNC(=O)OC(C)(C)C)C(=O)N1CCCC[C@H]1Cc1ccccc1. The van der Waals surface area contributed by atoms with Gasteiger partial charge in [-0.25, -0.2) is 4.79 Å². The lowest BCUT2D eigenvalue weighted by Crippen LogP contribution is -2.49. The number of carbonyl (C=O) groups is 2. The first-order valence-corrected chi connectivity index (χ1v) is 9.57. The van der Waals surface area contributed by atoms with E-state index in [-0.39, 0.29) is 17.9 Å². The Morgan fingerprint density at radius 1 is 1.23 bits per heavy atom. The van der Waals surface area contributed by atoms with Crippen LogP contribution in [-0.4, -0.2) is 41.6 Å². The summed E-state index contributed by atoms with van der Waals surface area (Å²) in [7, 11) is 0. The largest absolute Gasteiger partial charge is 0.444 e. The molecule has 2 rings (SSSR count). The number of likely N-dealkylation sites (tertiary alicyclic amines) is 1. The molecule has 2 amide bonds. The second-order valence-electron chi connectivity index (χ2n) is 8.15. The van der Waals surface area contributed by atoms with Crippen LogP contribution in [0.4, 0.5) is 4.79 Å². The summed E-state index contributed by atoms with van der Waals surface area (Å²) in [4.78, 5) is 26.8. The minimum Gasteiger partial charge on any atom is -0.444 e. The minimum absolute atomic E-state index is 0.113. The zero-order chi connectivity index (χ0) is 19.2. The number of benzene rings is 1. The van der Waals surface area contributed by atoms with Crippen molar-refractivity contribution < 1.29 is 14.3 Å². The standard InChI is InChI=1S/C21H32N2O3/c1-16(15-22-20(25)26-21(2,3)4)19(24)23-13-9-8-12-18(23)14-17-10-6-5-7-11-17/h5-7,10-11,16,18H,8-9,12-15H2,1-4H3,(H,22,25)/t16-,18+/m1/s1. The molecular weight excluding hydrogens is 328 g/mol. The zero-order valence-corrected chi connectivity index (χ0v) is 16.5. The van der Waals surface area contributed by atoms with Crippen LogP contribution >= 0.6 is 0 Å². The average Bonchev–Trinajstić information content (AvgIpc) is 2.59. The molecule has 0 aromatic heterocycles. The fourth-order valence-electron chi connectivity index (χ4n) is 3.31. The van der Waals surface area contributed by atoms with Gasteiger partial charge >= 0.3 is 6.09 Å². The van der Waals surface area contributed by atoms with Gasteiger partial charge in [-0.1, -0.05) is 37.3 Å². The molecule has 0 radical (unpaired) electrons. The normalized spacial score (nSPS) is 18.9. The van der Waals surface area contributed by atoms with Gasteiger partial charge in [0, 0.05) is 19.1 Å². The minimum atomic E-state index is -0.537. The van der Waals surface area contributed by atoms with Crippen LogP contribution in [0, 0.1) is 5.92 Å². The Morgan fingerprint density at radius 3 is 2.58 bits per heavy atom. The van der Waals surface area contributed by atoms with Gasteiger partial charge in [0.15, 0.2) is 0 Å². The molecule has 0 bridgehead atoms. The molecule has 1 aliphatic rings. The van der Waals surface area contributed by atoms with Crippen LogP contribution in [0.25, 0.3) is 0 Å². The van der Waals surface area contributed by atoms with Crippen LogP contribution in [0.5, 0.6) is 0 Å². The Labute approximate surface area is 157 Å². The second-order valence-corrected chi connectivity index (χ2v) is 8.15. The van der Waals surface area contributed by atoms with Crippen molar-refractivity contribution in [2.75, 3.05) is 13.1 Å². The van der Waals surface area contributed by atoms with E-state index < -0.39 is 11.7 Å². The number of rotatable bonds is 5. The Hall–Kier alpha value is -2.04. The van der Waals surface area contributed by atoms with E-state index in [2.05, 4.69) is 17.4 Å². The third-order valence-corrected chi connectivity index (χ3v) is 4.60. The first kappa shape index (κ1) is 20.3. The van der Waals surface area contributed by atoms with Gasteiger partial charge in [-0.3, -0.25) is 4.79 Å². The number of nitrogens with zero attached hydrogens (tertiary/aromatic N) is 1. The molecular formula is C21H32N2O3. The molecule has 5 nitrogen and oxygen atoms in total. The molecule has 0 spiro atoms. The summed E-state index contributed by atoms with van der Waals surface area (Å²) < 4.78 is 5.24. The molecule has 5 heteroatoms. The summed E-state index contributed by atoms with van der Waals surface area (Å²) in [6, 6.07) is 10.6. The fourth-order valence-corrected chi connectivity index (χ4v) is 3.31. The first-order valence-electron chi connectivity index (χ1n) is 9.57.